The molecule has 0 fully saturated rings. The minimum Gasteiger partial charge on any atom is -0.463 e. The van der Waals surface area contributed by atoms with E-state index in [1.807, 2.05) is 12.0 Å². The zero-order chi connectivity index (χ0) is 20.7. The van der Waals surface area contributed by atoms with Gasteiger partial charge in [-0.05, 0) is 13.5 Å². The van der Waals surface area contributed by atoms with Crippen molar-refractivity contribution in [2.45, 2.75) is 44.6 Å². The van der Waals surface area contributed by atoms with Crippen LogP contribution >= 0.6 is 11.3 Å². The molecule has 0 saturated carbocycles. The molecule has 13 heteroatoms. The lowest BCUT2D eigenvalue weighted by Gasteiger charge is -2.23. The average Bonchev–Trinajstić information content (AvgIpc) is 2.47. The molecule has 0 aliphatic rings. The highest BCUT2D eigenvalue weighted by atomic mass is 32.1. The molecule has 154 valence electrons. The molecule has 1 unspecified atom stereocenters. The largest absolute Gasteiger partial charge is 0.463 e. The van der Waals surface area contributed by atoms with Gasteiger partial charge in [-0.1, -0.05) is 13.3 Å². The maximum absolute atomic E-state index is 13.4. The molecule has 1 rings (SSSR count). The van der Waals surface area contributed by atoms with Gasteiger partial charge in [-0.3, -0.25) is 14.8 Å². The van der Waals surface area contributed by atoms with Crippen molar-refractivity contribution in [3.63, 3.8) is 0 Å². The number of rotatable bonds is 9. The monoisotopic (exact) mass is 414 g/mol. The molecule has 0 bridgehead atoms. The molecule has 0 aromatic carbocycles. The summed E-state index contributed by atoms with van der Waals surface area (Å²) in [6, 6.07) is 0. The van der Waals surface area contributed by atoms with E-state index >= 15 is 0 Å². The summed E-state index contributed by atoms with van der Waals surface area (Å²) in [7, 11) is 1.50. The van der Waals surface area contributed by atoms with Crippen LogP contribution in [0.3, 0.4) is 0 Å². The standard InChI is InChI=1S/C14H21F3N4O5S/c1-3-4-9(26-8-22)5-21(2)6-10-11(13(15,16)17)18-7-19-20-12(27-10)14(23,24)25/h7-9,23-25H,3-6H2,1-2H3,(H,18,19). The van der Waals surface area contributed by atoms with E-state index < -0.39 is 33.8 Å². The Morgan fingerprint density at radius 2 is 2.07 bits per heavy atom. The van der Waals surface area contributed by atoms with Crippen LogP contribution in [-0.4, -0.2) is 61.6 Å². The van der Waals surface area contributed by atoms with Crippen molar-refractivity contribution in [1.82, 2.24) is 20.1 Å². The topological polar surface area (TPSA) is 132 Å². The lowest BCUT2D eigenvalue weighted by atomic mass is 10.2. The van der Waals surface area contributed by atoms with Crippen LogP contribution in [0.15, 0.2) is 6.33 Å². The second-order valence-corrected chi connectivity index (χ2v) is 6.73. The van der Waals surface area contributed by atoms with E-state index in [2.05, 4.69) is 10.1 Å². The molecule has 0 radical (unpaired) electrons. The number of nitrogens with zero attached hydrogens (tertiary/aromatic N) is 3. The van der Waals surface area contributed by atoms with Crippen LogP contribution in [0.4, 0.5) is 13.2 Å². The van der Waals surface area contributed by atoms with Gasteiger partial charge in [0, 0.05) is 13.1 Å². The van der Waals surface area contributed by atoms with Gasteiger partial charge in [0.2, 0.25) is 5.01 Å². The molecule has 0 aliphatic carbocycles. The summed E-state index contributed by atoms with van der Waals surface area (Å²) < 4.78 is 45.0. The van der Waals surface area contributed by atoms with Crippen LogP contribution in [0.2, 0.25) is 0 Å². The number of ether oxygens (including phenoxy) is 1. The molecule has 1 aromatic rings. The Labute approximate surface area is 156 Å². The Morgan fingerprint density at radius 3 is 2.59 bits per heavy atom. The summed E-state index contributed by atoms with van der Waals surface area (Å²) >= 11 is 0.221. The quantitative estimate of drug-likeness (QED) is 0.346. The predicted octanol–water partition coefficient (Wildman–Crippen LogP) is 0.870. The molecule has 0 amide bonds. The molecule has 0 saturated heterocycles. The Morgan fingerprint density at radius 1 is 1.41 bits per heavy atom. The van der Waals surface area contributed by atoms with E-state index in [0.717, 1.165) is 0 Å². The second kappa shape index (κ2) is 9.94. The number of likely N-dealkylation sites (N-methyl/N-ethyl adjacent to an activating group) is 1. The number of nitrogens with one attached hydrogen (secondary N) is 1. The Bertz CT molecular complexity index is 658. The van der Waals surface area contributed by atoms with Crippen molar-refractivity contribution in [2.75, 3.05) is 13.6 Å². The minimum absolute atomic E-state index is 0.138. The Balaban J connectivity index is 3.29. The van der Waals surface area contributed by atoms with Gasteiger partial charge in [-0.25, -0.2) is 4.98 Å². The van der Waals surface area contributed by atoms with Gasteiger partial charge in [0.05, 0.1) is 4.88 Å². The van der Waals surface area contributed by atoms with Crippen LogP contribution in [0.25, 0.3) is 0 Å². The van der Waals surface area contributed by atoms with Gasteiger partial charge < -0.3 is 20.1 Å². The van der Waals surface area contributed by atoms with Crippen molar-refractivity contribution in [2.24, 2.45) is 0 Å². The molecular weight excluding hydrogens is 393 g/mol. The smallest absolute Gasteiger partial charge is 0.434 e. The Hall–Kier alpha value is -1.80. The van der Waals surface area contributed by atoms with Crippen molar-refractivity contribution < 1.29 is 38.0 Å². The first-order chi connectivity index (χ1) is 12.5. The number of aliphatic hydroxyl groups is 3. The van der Waals surface area contributed by atoms with E-state index in [0.29, 0.717) is 19.2 Å². The maximum Gasteiger partial charge on any atom is 0.434 e. The fourth-order valence-corrected chi connectivity index (χ4v) is 3.20. The van der Waals surface area contributed by atoms with Gasteiger partial charge in [-0.15, -0.1) is 11.3 Å². The number of hydrogen-bond acceptors (Lipinski definition) is 9. The molecular formula is C14H21F3N4O5S. The van der Waals surface area contributed by atoms with E-state index in [-0.39, 0.29) is 30.9 Å². The highest BCUT2D eigenvalue weighted by molar-refractivity contribution is 7.11. The van der Waals surface area contributed by atoms with Gasteiger partial charge in [0.25, 0.3) is 6.47 Å². The van der Waals surface area contributed by atoms with Gasteiger partial charge in [0.15, 0.2) is 5.69 Å². The summed E-state index contributed by atoms with van der Waals surface area (Å²) in [6.45, 7) is 1.95. The van der Waals surface area contributed by atoms with Crippen molar-refractivity contribution in [3.05, 3.63) is 21.9 Å². The Kier molecular flexibility index (Phi) is 8.56. The number of aromatic amines is 1. The average molecular weight is 414 g/mol. The summed E-state index contributed by atoms with van der Waals surface area (Å²) in [5.74, 6) is -3.44. The first-order valence-corrected chi connectivity index (χ1v) is 8.59. The number of alkyl halides is 3. The van der Waals surface area contributed by atoms with E-state index in [1.165, 1.54) is 11.9 Å². The minimum atomic E-state index is -4.84. The molecule has 1 atom stereocenters. The molecule has 1 heterocycles. The maximum atomic E-state index is 13.4. The number of carbonyl (C=O) groups excluding carboxylic acids is 1. The van der Waals surface area contributed by atoms with Crippen LogP contribution < -0.4 is 0 Å². The normalized spacial score (nSPS) is 13.4. The molecule has 4 N–H and O–H groups in total. The SMILES string of the molecule is CCCC(CN(C)Cc1sc(C(O)(O)O)n[nH]cnc1C(F)(F)F)OC=O. The van der Waals surface area contributed by atoms with Crippen molar-refractivity contribution in [1.29, 1.82) is 0 Å². The van der Waals surface area contributed by atoms with Crippen LogP contribution in [0.1, 0.15) is 35.3 Å². The van der Waals surface area contributed by atoms with Crippen LogP contribution in [0, 0.1) is 0 Å². The lowest BCUT2D eigenvalue weighted by molar-refractivity contribution is -0.324. The van der Waals surface area contributed by atoms with Crippen molar-refractivity contribution in [3.8, 4) is 0 Å². The molecule has 9 nitrogen and oxygen atoms in total. The third-order valence-electron chi connectivity index (χ3n) is 3.24. The van der Waals surface area contributed by atoms with E-state index in [1.54, 1.807) is 0 Å². The fraction of sp³-hybridized carbons (Fsp3) is 0.643. The zero-order valence-electron chi connectivity index (χ0n) is 14.6. The number of halogens is 3. The lowest BCUT2D eigenvalue weighted by Crippen LogP contribution is -2.31. The summed E-state index contributed by atoms with van der Waals surface area (Å²) in [6.07, 6.45) is -3.52. The summed E-state index contributed by atoms with van der Waals surface area (Å²) in [5, 5.41) is 32.4. The summed E-state index contributed by atoms with van der Waals surface area (Å²) in [4.78, 5) is 14.9. The third kappa shape index (κ3) is 7.76. The van der Waals surface area contributed by atoms with Crippen LogP contribution in [-0.2, 0) is 28.2 Å². The predicted molar refractivity (Wildman–Crippen MR) is 87.4 cm³/mol. The van der Waals surface area contributed by atoms with E-state index in [4.69, 9.17) is 4.74 Å². The highest BCUT2D eigenvalue weighted by Crippen LogP contribution is 2.33. The molecule has 1 aromatic heterocycles. The number of carbonyl (C=O) groups is 1. The second-order valence-electron chi connectivity index (χ2n) is 5.65. The van der Waals surface area contributed by atoms with Gasteiger partial charge in [-0.2, -0.15) is 18.3 Å². The molecule has 0 aliphatic heterocycles. The number of aromatic nitrogens is 3. The van der Waals surface area contributed by atoms with Gasteiger partial charge in [0.1, 0.15) is 12.4 Å². The first kappa shape index (κ1) is 23.2. The van der Waals surface area contributed by atoms with Gasteiger partial charge >= 0.3 is 12.1 Å². The van der Waals surface area contributed by atoms with Crippen molar-refractivity contribution >= 4 is 17.8 Å². The number of hydrogen-bond donors (Lipinski definition) is 4. The number of H-pyrrole nitrogens is 1. The molecule has 27 heavy (non-hydrogen) atoms. The van der Waals surface area contributed by atoms with E-state index in [9.17, 15) is 33.3 Å². The molecule has 0 spiro atoms. The fourth-order valence-electron chi connectivity index (χ4n) is 2.18. The zero-order valence-corrected chi connectivity index (χ0v) is 15.4. The third-order valence-corrected chi connectivity index (χ3v) is 4.37. The van der Waals surface area contributed by atoms with Crippen LogP contribution in [0.5, 0.6) is 0 Å². The first-order valence-electron chi connectivity index (χ1n) is 7.78. The highest BCUT2D eigenvalue weighted by Gasteiger charge is 2.37. The summed E-state index contributed by atoms with van der Waals surface area (Å²) in [5.41, 5.74) is -1.29.